The Bertz CT molecular complexity index is 367. The molecule has 0 N–H and O–H groups in total. The van der Waals surface area contributed by atoms with Gasteiger partial charge in [0, 0.05) is 32.0 Å². The fraction of sp³-hybridized carbons (Fsp3) is 0.462. The molecule has 0 amide bonds. The van der Waals surface area contributed by atoms with Gasteiger partial charge >= 0.3 is 0 Å². The summed E-state index contributed by atoms with van der Waals surface area (Å²) in [5.41, 5.74) is 3.83. The number of nitrogens with zero attached hydrogens (tertiary/aromatic N) is 2. The number of benzene rings is 1. The zero-order chi connectivity index (χ0) is 10.7. The minimum absolute atomic E-state index is 1.00. The minimum atomic E-state index is 1.00. The van der Waals surface area contributed by atoms with Crippen molar-refractivity contribution < 1.29 is 0 Å². The first-order valence-corrected chi connectivity index (χ1v) is 5.58. The molecule has 2 rings (SSSR count). The Morgan fingerprint density at radius 1 is 1.20 bits per heavy atom. The Labute approximate surface area is 91.6 Å². The molecule has 80 valence electrons. The summed E-state index contributed by atoms with van der Waals surface area (Å²) in [5, 5.41) is 0. The maximum atomic E-state index is 4.60. The maximum absolute atomic E-state index is 4.60. The van der Waals surface area contributed by atoms with Crippen LogP contribution in [0.4, 0.5) is 5.69 Å². The second kappa shape index (κ2) is 4.47. The smallest absolute Gasteiger partial charge is 0.0421 e. The third kappa shape index (κ3) is 2.38. The van der Waals surface area contributed by atoms with Crippen molar-refractivity contribution in [2.24, 2.45) is 4.99 Å². The van der Waals surface area contributed by atoms with Crippen LogP contribution >= 0.6 is 0 Å². The van der Waals surface area contributed by atoms with Crippen LogP contribution in [0.3, 0.4) is 0 Å². The van der Waals surface area contributed by atoms with Gasteiger partial charge in [-0.25, -0.2) is 0 Å². The molecule has 2 nitrogen and oxygen atoms in total. The molecule has 0 radical (unpaired) electrons. The molecule has 0 saturated carbocycles. The Hall–Kier alpha value is -1.31. The highest BCUT2D eigenvalue weighted by Gasteiger charge is 2.08. The SMILES string of the molecule is CN(C)c1cccc(C2=NCCCC2)c1. The summed E-state index contributed by atoms with van der Waals surface area (Å²) in [4.78, 5) is 6.73. The average molecular weight is 202 g/mol. The highest BCUT2D eigenvalue weighted by molar-refractivity contribution is 6.01. The molecule has 1 aliphatic rings. The number of aliphatic imine (C=N–C) groups is 1. The van der Waals surface area contributed by atoms with Crippen molar-refractivity contribution >= 4 is 11.4 Å². The summed E-state index contributed by atoms with van der Waals surface area (Å²) in [5.74, 6) is 0. The molecule has 0 atom stereocenters. The van der Waals surface area contributed by atoms with Gasteiger partial charge in [0.05, 0.1) is 0 Å². The van der Waals surface area contributed by atoms with E-state index >= 15 is 0 Å². The van der Waals surface area contributed by atoms with E-state index in [4.69, 9.17) is 0 Å². The normalized spacial score (nSPS) is 16.0. The molecule has 0 aliphatic carbocycles. The van der Waals surface area contributed by atoms with Crippen LogP contribution in [-0.4, -0.2) is 26.4 Å². The van der Waals surface area contributed by atoms with Crippen molar-refractivity contribution in [2.75, 3.05) is 25.5 Å². The molecule has 0 unspecified atom stereocenters. The molecule has 1 aromatic carbocycles. The molecule has 0 spiro atoms. The fourth-order valence-corrected chi connectivity index (χ4v) is 1.90. The van der Waals surface area contributed by atoms with Crippen LogP contribution in [0, 0.1) is 0 Å². The summed E-state index contributed by atoms with van der Waals surface area (Å²) in [6.45, 7) is 1.00. The van der Waals surface area contributed by atoms with Crippen LogP contribution in [0.1, 0.15) is 24.8 Å². The van der Waals surface area contributed by atoms with Crippen molar-refractivity contribution in [2.45, 2.75) is 19.3 Å². The Kier molecular flexibility index (Phi) is 3.05. The van der Waals surface area contributed by atoms with E-state index in [1.165, 1.54) is 29.8 Å². The van der Waals surface area contributed by atoms with Crippen LogP contribution in [0.5, 0.6) is 0 Å². The Morgan fingerprint density at radius 2 is 2.07 bits per heavy atom. The molecular weight excluding hydrogens is 184 g/mol. The van der Waals surface area contributed by atoms with E-state index in [1.54, 1.807) is 0 Å². The standard InChI is InChI=1S/C13H18N2/c1-15(2)12-7-5-6-11(10-12)13-8-3-4-9-14-13/h5-7,10H,3-4,8-9H2,1-2H3. The van der Waals surface area contributed by atoms with Gasteiger partial charge in [0.25, 0.3) is 0 Å². The number of hydrogen-bond acceptors (Lipinski definition) is 2. The Balaban J connectivity index is 2.27. The highest BCUT2D eigenvalue weighted by atomic mass is 15.1. The van der Waals surface area contributed by atoms with Gasteiger partial charge < -0.3 is 4.90 Å². The third-order valence-corrected chi connectivity index (χ3v) is 2.82. The van der Waals surface area contributed by atoms with Crippen LogP contribution in [0.2, 0.25) is 0 Å². The van der Waals surface area contributed by atoms with Gasteiger partial charge in [-0.15, -0.1) is 0 Å². The van der Waals surface area contributed by atoms with Crippen LogP contribution < -0.4 is 4.90 Å². The summed E-state index contributed by atoms with van der Waals surface area (Å²) in [6.07, 6.45) is 3.67. The molecule has 0 saturated heterocycles. The van der Waals surface area contributed by atoms with E-state index in [9.17, 15) is 0 Å². The first kappa shape index (κ1) is 10.2. The van der Waals surface area contributed by atoms with E-state index in [0.717, 1.165) is 13.0 Å². The molecular formula is C13H18N2. The third-order valence-electron chi connectivity index (χ3n) is 2.82. The molecule has 1 aromatic rings. The predicted molar refractivity (Wildman–Crippen MR) is 66.0 cm³/mol. The number of rotatable bonds is 2. The van der Waals surface area contributed by atoms with Crippen LogP contribution in [0.25, 0.3) is 0 Å². The monoisotopic (exact) mass is 202 g/mol. The van der Waals surface area contributed by atoms with E-state index < -0.39 is 0 Å². The van der Waals surface area contributed by atoms with Crippen molar-refractivity contribution in [1.82, 2.24) is 0 Å². The van der Waals surface area contributed by atoms with E-state index in [2.05, 4.69) is 48.3 Å². The predicted octanol–water partition coefficient (Wildman–Crippen LogP) is 2.73. The lowest BCUT2D eigenvalue weighted by atomic mass is 10.0. The lowest BCUT2D eigenvalue weighted by Crippen LogP contribution is -2.11. The van der Waals surface area contributed by atoms with Crippen molar-refractivity contribution in [3.05, 3.63) is 29.8 Å². The number of hydrogen-bond donors (Lipinski definition) is 0. The molecule has 2 heteroatoms. The summed E-state index contributed by atoms with van der Waals surface area (Å²) < 4.78 is 0. The van der Waals surface area contributed by atoms with E-state index in [0.29, 0.717) is 0 Å². The first-order valence-electron chi connectivity index (χ1n) is 5.58. The van der Waals surface area contributed by atoms with E-state index in [1.807, 2.05) is 0 Å². The van der Waals surface area contributed by atoms with E-state index in [-0.39, 0.29) is 0 Å². The van der Waals surface area contributed by atoms with Crippen LogP contribution in [0.15, 0.2) is 29.3 Å². The zero-order valence-corrected chi connectivity index (χ0v) is 9.53. The van der Waals surface area contributed by atoms with Crippen molar-refractivity contribution in [3.8, 4) is 0 Å². The molecule has 0 fully saturated rings. The number of anilines is 1. The van der Waals surface area contributed by atoms with Crippen LogP contribution in [-0.2, 0) is 0 Å². The van der Waals surface area contributed by atoms with Gasteiger partial charge in [0.1, 0.15) is 0 Å². The van der Waals surface area contributed by atoms with Gasteiger partial charge in [-0.05, 0) is 37.0 Å². The quantitative estimate of drug-likeness (QED) is 0.720. The topological polar surface area (TPSA) is 15.6 Å². The molecule has 0 bridgehead atoms. The average Bonchev–Trinajstić information content (AvgIpc) is 2.30. The minimum Gasteiger partial charge on any atom is -0.378 e. The molecule has 1 aliphatic heterocycles. The second-order valence-electron chi connectivity index (χ2n) is 4.23. The lowest BCUT2D eigenvalue weighted by molar-refractivity contribution is 0.738. The first-order chi connectivity index (χ1) is 7.27. The van der Waals surface area contributed by atoms with Crippen molar-refractivity contribution in [3.63, 3.8) is 0 Å². The van der Waals surface area contributed by atoms with Gasteiger partial charge in [0.15, 0.2) is 0 Å². The summed E-state index contributed by atoms with van der Waals surface area (Å²) in [7, 11) is 4.14. The summed E-state index contributed by atoms with van der Waals surface area (Å²) in [6, 6.07) is 8.63. The maximum Gasteiger partial charge on any atom is 0.0421 e. The summed E-state index contributed by atoms with van der Waals surface area (Å²) >= 11 is 0. The molecule has 0 aromatic heterocycles. The lowest BCUT2D eigenvalue weighted by Gasteiger charge is -2.16. The van der Waals surface area contributed by atoms with Gasteiger partial charge in [-0.1, -0.05) is 12.1 Å². The Morgan fingerprint density at radius 3 is 2.73 bits per heavy atom. The van der Waals surface area contributed by atoms with Gasteiger partial charge in [-0.2, -0.15) is 0 Å². The molecule has 15 heavy (non-hydrogen) atoms. The molecule has 1 heterocycles. The van der Waals surface area contributed by atoms with Crippen molar-refractivity contribution in [1.29, 1.82) is 0 Å². The van der Waals surface area contributed by atoms with Gasteiger partial charge in [0.2, 0.25) is 0 Å². The fourth-order valence-electron chi connectivity index (χ4n) is 1.90. The van der Waals surface area contributed by atoms with Gasteiger partial charge in [-0.3, -0.25) is 4.99 Å². The largest absolute Gasteiger partial charge is 0.378 e. The highest BCUT2D eigenvalue weighted by Crippen LogP contribution is 2.18. The zero-order valence-electron chi connectivity index (χ0n) is 9.53. The second-order valence-corrected chi connectivity index (χ2v) is 4.23.